The van der Waals surface area contributed by atoms with E-state index in [1.165, 1.54) is 11.0 Å². The summed E-state index contributed by atoms with van der Waals surface area (Å²) in [7, 11) is 0.106. The Morgan fingerprint density at radius 3 is 2.52 bits per heavy atom. The molecular formula is C26H25FN2O3S. The lowest BCUT2D eigenvalue weighted by Gasteiger charge is -2.24. The molecule has 5 nitrogen and oxygen atoms in total. The first kappa shape index (κ1) is 22.9. The minimum absolute atomic E-state index is 0.0483. The highest BCUT2D eigenvalue weighted by Crippen LogP contribution is 2.36. The maximum absolute atomic E-state index is 14.5. The predicted molar refractivity (Wildman–Crippen MR) is 126 cm³/mol. The Morgan fingerprint density at radius 2 is 1.76 bits per heavy atom. The fourth-order valence-electron chi connectivity index (χ4n) is 3.87. The van der Waals surface area contributed by atoms with Crippen LogP contribution in [0.25, 0.3) is 0 Å². The number of benzene rings is 3. The van der Waals surface area contributed by atoms with E-state index in [0.29, 0.717) is 38.7 Å². The van der Waals surface area contributed by atoms with Crippen LogP contribution >= 0.6 is 0 Å². The van der Waals surface area contributed by atoms with Gasteiger partial charge in [0, 0.05) is 24.7 Å². The van der Waals surface area contributed by atoms with E-state index in [-0.39, 0.29) is 18.4 Å². The maximum atomic E-state index is 14.5. The van der Waals surface area contributed by atoms with Crippen molar-refractivity contribution in [1.82, 2.24) is 4.90 Å². The normalized spacial score (nSPS) is 14.9. The highest BCUT2D eigenvalue weighted by molar-refractivity contribution is 7.85. The summed E-state index contributed by atoms with van der Waals surface area (Å²) < 4.78 is 28.0. The first-order valence-corrected chi connectivity index (χ1v) is 12.0. The highest BCUT2D eigenvalue weighted by Gasteiger charge is 2.32. The SMILES string of the molecule is CCCCN(C)C(=O)c1ccc2c(c1)N(Cc1ccccc1F)C(=O)c1ccccc1S2=O. The summed E-state index contributed by atoms with van der Waals surface area (Å²) >= 11 is 0. The van der Waals surface area contributed by atoms with Gasteiger partial charge >= 0.3 is 0 Å². The van der Waals surface area contributed by atoms with Crippen LogP contribution in [0.3, 0.4) is 0 Å². The fraction of sp³-hybridized carbons (Fsp3) is 0.231. The molecule has 33 heavy (non-hydrogen) atoms. The molecule has 0 aromatic heterocycles. The molecule has 1 aliphatic rings. The van der Waals surface area contributed by atoms with Crippen molar-refractivity contribution >= 4 is 28.3 Å². The quantitative estimate of drug-likeness (QED) is 0.514. The van der Waals surface area contributed by atoms with Crippen molar-refractivity contribution in [1.29, 1.82) is 0 Å². The summed E-state index contributed by atoms with van der Waals surface area (Å²) in [6.07, 6.45) is 1.84. The van der Waals surface area contributed by atoms with Gasteiger partial charge < -0.3 is 9.80 Å². The molecule has 1 unspecified atom stereocenters. The molecule has 0 saturated heterocycles. The number of hydrogen-bond donors (Lipinski definition) is 0. The Hall–Kier alpha value is -3.32. The number of fused-ring (bicyclic) bond motifs is 2. The third-order valence-corrected chi connectivity index (χ3v) is 7.24. The van der Waals surface area contributed by atoms with Gasteiger partial charge in [-0.1, -0.05) is 43.7 Å². The predicted octanol–water partition coefficient (Wildman–Crippen LogP) is 5.02. The third-order valence-electron chi connectivity index (χ3n) is 5.74. The minimum Gasteiger partial charge on any atom is -0.342 e. The van der Waals surface area contributed by atoms with Crippen molar-refractivity contribution in [3.63, 3.8) is 0 Å². The number of hydrogen-bond acceptors (Lipinski definition) is 3. The Morgan fingerprint density at radius 1 is 1.03 bits per heavy atom. The van der Waals surface area contributed by atoms with Crippen LogP contribution in [0.15, 0.2) is 76.5 Å². The number of nitrogens with zero attached hydrogens (tertiary/aromatic N) is 2. The van der Waals surface area contributed by atoms with Gasteiger partial charge in [-0.05, 0) is 42.8 Å². The largest absolute Gasteiger partial charge is 0.342 e. The molecule has 3 aromatic rings. The van der Waals surface area contributed by atoms with Crippen molar-refractivity contribution in [3.8, 4) is 0 Å². The van der Waals surface area contributed by atoms with Crippen LogP contribution < -0.4 is 4.90 Å². The lowest BCUT2D eigenvalue weighted by atomic mass is 10.1. The average molecular weight is 465 g/mol. The first-order valence-electron chi connectivity index (χ1n) is 10.9. The minimum atomic E-state index is -1.63. The van der Waals surface area contributed by atoms with E-state index >= 15 is 0 Å². The van der Waals surface area contributed by atoms with Gasteiger partial charge in [0.15, 0.2) is 0 Å². The molecule has 3 aromatic carbocycles. The molecule has 0 bridgehead atoms. The summed E-state index contributed by atoms with van der Waals surface area (Å²) in [6.45, 7) is 2.62. The summed E-state index contributed by atoms with van der Waals surface area (Å²) in [6, 6.07) is 17.9. The number of carbonyl (C=O) groups is 2. The zero-order chi connectivity index (χ0) is 23.5. The van der Waals surface area contributed by atoms with E-state index in [4.69, 9.17) is 0 Å². The summed E-state index contributed by atoms with van der Waals surface area (Å²) in [5.41, 5.74) is 1.38. The Labute approximate surface area is 195 Å². The van der Waals surface area contributed by atoms with Crippen molar-refractivity contribution in [2.75, 3.05) is 18.5 Å². The number of rotatable bonds is 6. The fourth-order valence-corrected chi connectivity index (χ4v) is 5.21. The van der Waals surface area contributed by atoms with Gasteiger partial charge in [-0.15, -0.1) is 0 Å². The molecule has 0 spiro atoms. The van der Waals surface area contributed by atoms with E-state index in [1.807, 2.05) is 0 Å². The second-order valence-corrected chi connectivity index (χ2v) is 9.43. The van der Waals surface area contributed by atoms with E-state index in [0.717, 1.165) is 12.8 Å². The number of anilines is 1. The molecule has 2 amide bonds. The van der Waals surface area contributed by atoms with E-state index in [2.05, 4.69) is 6.92 Å². The molecule has 0 aliphatic carbocycles. The van der Waals surface area contributed by atoms with Crippen LogP contribution in [0, 0.1) is 5.82 Å². The van der Waals surface area contributed by atoms with Crippen LogP contribution in [-0.2, 0) is 17.3 Å². The molecular weight excluding hydrogens is 439 g/mol. The standard InChI is InChI=1S/C26H25FN2O3S/c1-3-4-15-28(2)25(30)18-13-14-24-22(16-18)29(17-19-9-5-7-11-21(19)27)26(31)20-10-6-8-12-23(20)33(24)32/h5-14,16H,3-4,15,17H2,1-2H3. The van der Waals surface area contributed by atoms with Gasteiger partial charge in [0.05, 0.1) is 38.4 Å². The summed E-state index contributed by atoms with van der Waals surface area (Å²) in [5, 5.41) is 0. The molecule has 0 N–H and O–H groups in total. The lowest BCUT2D eigenvalue weighted by Crippen LogP contribution is -2.31. The Kier molecular flexibility index (Phi) is 6.70. The first-order chi connectivity index (χ1) is 15.9. The van der Waals surface area contributed by atoms with Crippen LogP contribution in [-0.4, -0.2) is 34.5 Å². The zero-order valence-corrected chi connectivity index (χ0v) is 19.4. The van der Waals surface area contributed by atoms with Crippen LogP contribution in [0.5, 0.6) is 0 Å². The lowest BCUT2D eigenvalue weighted by molar-refractivity contribution is 0.0792. The summed E-state index contributed by atoms with van der Waals surface area (Å²) in [5.74, 6) is -1.00. The average Bonchev–Trinajstić information content (AvgIpc) is 2.92. The van der Waals surface area contributed by atoms with Gasteiger partial charge in [0.25, 0.3) is 11.8 Å². The zero-order valence-electron chi connectivity index (χ0n) is 18.6. The number of halogens is 1. The number of carbonyl (C=O) groups excluding carboxylic acids is 2. The van der Waals surface area contributed by atoms with Gasteiger partial charge in [0.1, 0.15) is 5.82 Å². The Balaban J connectivity index is 1.84. The second-order valence-electron chi connectivity index (χ2n) is 8.01. The molecule has 4 rings (SSSR count). The summed E-state index contributed by atoms with van der Waals surface area (Å²) in [4.78, 5) is 30.5. The molecule has 0 fully saturated rings. The monoisotopic (exact) mass is 464 g/mol. The van der Waals surface area contributed by atoms with E-state index in [1.54, 1.807) is 72.6 Å². The molecule has 170 valence electrons. The van der Waals surface area contributed by atoms with Crippen molar-refractivity contribution in [3.05, 3.63) is 89.2 Å². The van der Waals surface area contributed by atoms with Crippen molar-refractivity contribution in [2.24, 2.45) is 0 Å². The molecule has 0 radical (unpaired) electrons. The van der Waals surface area contributed by atoms with Gasteiger partial charge in [-0.25, -0.2) is 8.60 Å². The highest BCUT2D eigenvalue weighted by atomic mass is 32.2. The van der Waals surface area contributed by atoms with Crippen LogP contribution in [0.1, 0.15) is 46.0 Å². The van der Waals surface area contributed by atoms with E-state index in [9.17, 15) is 18.2 Å². The maximum Gasteiger partial charge on any atom is 0.259 e. The second kappa shape index (κ2) is 9.67. The smallest absolute Gasteiger partial charge is 0.259 e. The van der Waals surface area contributed by atoms with Crippen LogP contribution in [0.4, 0.5) is 10.1 Å². The molecule has 7 heteroatoms. The molecule has 1 heterocycles. The Bertz CT molecular complexity index is 1240. The van der Waals surface area contributed by atoms with Gasteiger partial charge in [-0.3, -0.25) is 9.59 Å². The number of amides is 2. The number of unbranched alkanes of at least 4 members (excludes halogenated alkanes) is 1. The van der Waals surface area contributed by atoms with E-state index < -0.39 is 16.6 Å². The molecule has 0 saturated carbocycles. The molecule has 1 atom stereocenters. The van der Waals surface area contributed by atoms with Gasteiger partial charge in [-0.2, -0.15) is 0 Å². The van der Waals surface area contributed by atoms with Gasteiger partial charge in [0.2, 0.25) is 0 Å². The third kappa shape index (κ3) is 4.46. The van der Waals surface area contributed by atoms with Crippen LogP contribution in [0.2, 0.25) is 0 Å². The molecule has 1 aliphatic heterocycles. The van der Waals surface area contributed by atoms with Crippen molar-refractivity contribution in [2.45, 2.75) is 36.1 Å². The van der Waals surface area contributed by atoms with Crippen molar-refractivity contribution < 1.29 is 18.2 Å². The topological polar surface area (TPSA) is 57.7 Å².